The number of nitrogens with one attached hydrogen (secondary N) is 2. The van der Waals surface area contributed by atoms with Crippen molar-refractivity contribution in [3.8, 4) is 5.75 Å². The summed E-state index contributed by atoms with van der Waals surface area (Å²) in [5.41, 5.74) is 1.49. The van der Waals surface area contributed by atoms with E-state index in [2.05, 4.69) is 17.6 Å². The molecule has 8 heteroatoms. The van der Waals surface area contributed by atoms with Crippen LogP contribution in [-0.4, -0.2) is 60.1 Å². The summed E-state index contributed by atoms with van der Waals surface area (Å²) in [6.07, 6.45) is 7.75. The van der Waals surface area contributed by atoms with Crippen LogP contribution in [0.3, 0.4) is 0 Å². The highest BCUT2D eigenvalue weighted by atomic mass is 16.5. The fourth-order valence-electron chi connectivity index (χ4n) is 6.05. The van der Waals surface area contributed by atoms with E-state index in [1.54, 1.807) is 12.0 Å². The van der Waals surface area contributed by atoms with Crippen molar-refractivity contribution >= 4 is 17.7 Å². The standard InChI is InChI=1S/C26H35N3O5/c1-3-20(15-11-18(12-15)33-2)27-21-5-4-6-23(21)34-17-7-8-19-16(13-17)14-29(26(19)32)22-9-10-24(30)28-25(22)31/h7-8,13,15,18,20-23,27H,3-6,9-12,14H2,1-2H3,(H,28,30,31)/t15?,18?,20?,21-,22?,23+/m0/s1. The molecule has 2 N–H and O–H groups in total. The summed E-state index contributed by atoms with van der Waals surface area (Å²) in [5.74, 6) is 0.619. The Morgan fingerprint density at radius 2 is 2.00 bits per heavy atom. The smallest absolute Gasteiger partial charge is 0.255 e. The Morgan fingerprint density at radius 3 is 2.74 bits per heavy atom. The van der Waals surface area contributed by atoms with Crippen LogP contribution >= 0.6 is 0 Å². The van der Waals surface area contributed by atoms with Gasteiger partial charge in [-0.15, -0.1) is 0 Å². The van der Waals surface area contributed by atoms with Crippen LogP contribution in [0.15, 0.2) is 18.2 Å². The molecule has 2 saturated carbocycles. The Hall–Kier alpha value is -2.45. The number of methoxy groups -OCH3 is 1. The molecule has 1 aromatic carbocycles. The van der Waals surface area contributed by atoms with Gasteiger partial charge in [0.1, 0.15) is 17.9 Å². The number of imide groups is 1. The molecule has 0 bridgehead atoms. The minimum atomic E-state index is -0.597. The first-order valence-corrected chi connectivity index (χ1v) is 12.7. The van der Waals surface area contributed by atoms with Crippen molar-refractivity contribution in [2.24, 2.45) is 5.92 Å². The third-order valence-corrected chi connectivity index (χ3v) is 8.14. The maximum absolute atomic E-state index is 12.9. The van der Waals surface area contributed by atoms with Gasteiger partial charge in [0, 0.05) is 37.7 Å². The molecular formula is C26H35N3O5. The Labute approximate surface area is 200 Å². The number of hydrogen-bond acceptors (Lipinski definition) is 6. The van der Waals surface area contributed by atoms with Gasteiger partial charge in [0.05, 0.1) is 6.10 Å². The van der Waals surface area contributed by atoms with Gasteiger partial charge in [0.15, 0.2) is 0 Å². The Bertz CT molecular complexity index is 960. The van der Waals surface area contributed by atoms with E-state index in [4.69, 9.17) is 9.47 Å². The molecule has 5 rings (SSSR count). The zero-order chi connectivity index (χ0) is 23.8. The number of amides is 3. The number of benzene rings is 1. The second-order valence-corrected chi connectivity index (χ2v) is 10.2. The minimum absolute atomic E-state index is 0.105. The fraction of sp³-hybridized carbons (Fsp3) is 0.654. The molecule has 184 valence electrons. The SMILES string of the molecule is CCC(N[C@H]1CCC[C@H]1Oc1ccc2c(c1)CN(C1CCC(=O)NC1=O)C2=O)C1CC(OC)C1. The minimum Gasteiger partial charge on any atom is -0.489 e. The van der Waals surface area contributed by atoms with E-state index in [1.807, 2.05) is 18.2 Å². The van der Waals surface area contributed by atoms with E-state index in [1.165, 1.54) is 0 Å². The van der Waals surface area contributed by atoms with E-state index in [9.17, 15) is 14.4 Å². The predicted molar refractivity (Wildman–Crippen MR) is 125 cm³/mol. The molecular weight excluding hydrogens is 434 g/mol. The molecule has 2 heterocycles. The molecule has 2 aliphatic heterocycles. The van der Waals surface area contributed by atoms with Crippen LogP contribution in [0.1, 0.15) is 74.2 Å². The third kappa shape index (κ3) is 4.45. The maximum Gasteiger partial charge on any atom is 0.255 e. The maximum atomic E-state index is 12.9. The zero-order valence-corrected chi connectivity index (χ0v) is 20.0. The molecule has 2 unspecified atom stereocenters. The average molecular weight is 470 g/mol. The summed E-state index contributed by atoms with van der Waals surface area (Å²) in [4.78, 5) is 38.3. The van der Waals surface area contributed by atoms with E-state index in [0.717, 1.165) is 49.8 Å². The first kappa shape index (κ1) is 23.3. The highest BCUT2D eigenvalue weighted by Crippen LogP contribution is 2.36. The molecule has 4 atom stereocenters. The molecule has 1 aromatic rings. The summed E-state index contributed by atoms with van der Waals surface area (Å²) >= 11 is 0. The van der Waals surface area contributed by atoms with Gasteiger partial charge in [-0.3, -0.25) is 19.7 Å². The van der Waals surface area contributed by atoms with Crippen LogP contribution in [0.25, 0.3) is 0 Å². The van der Waals surface area contributed by atoms with Gasteiger partial charge in [0.25, 0.3) is 5.91 Å². The van der Waals surface area contributed by atoms with Crippen LogP contribution < -0.4 is 15.4 Å². The largest absolute Gasteiger partial charge is 0.489 e. The normalized spacial score (nSPS) is 31.8. The number of hydrogen-bond donors (Lipinski definition) is 2. The summed E-state index contributed by atoms with van der Waals surface area (Å²) < 4.78 is 11.9. The summed E-state index contributed by atoms with van der Waals surface area (Å²) in [6, 6.07) is 5.83. The monoisotopic (exact) mass is 469 g/mol. The number of fused-ring (bicyclic) bond motifs is 1. The van der Waals surface area contributed by atoms with Crippen molar-refractivity contribution < 1.29 is 23.9 Å². The topological polar surface area (TPSA) is 97.0 Å². The number of nitrogens with zero attached hydrogens (tertiary/aromatic N) is 1. The van der Waals surface area contributed by atoms with E-state index in [-0.39, 0.29) is 30.2 Å². The zero-order valence-electron chi connectivity index (χ0n) is 20.0. The highest BCUT2D eigenvalue weighted by molar-refractivity contribution is 6.05. The van der Waals surface area contributed by atoms with Gasteiger partial charge < -0.3 is 19.7 Å². The second-order valence-electron chi connectivity index (χ2n) is 10.2. The van der Waals surface area contributed by atoms with Crippen molar-refractivity contribution in [3.05, 3.63) is 29.3 Å². The van der Waals surface area contributed by atoms with Gasteiger partial charge in [-0.25, -0.2) is 0 Å². The van der Waals surface area contributed by atoms with Crippen LogP contribution in [0.4, 0.5) is 0 Å². The predicted octanol–water partition coefficient (Wildman–Crippen LogP) is 2.54. The number of rotatable bonds is 8. The molecule has 34 heavy (non-hydrogen) atoms. The summed E-state index contributed by atoms with van der Waals surface area (Å²) in [6.45, 7) is 2.61. The van der Waals surface area contributed by atoms with Crippen molar-refractivity contribution in [1.82, 2.24) is 15.5 Å². The molecule has 8 nitrogen and oxygen atoms in total. The lowest BCUT2D eigenvalue weighted by molar-refractivity contribution is -0.136. The van der Waals surface area contributed by atoms with Crippen LogP contribution in [-0.2, 0) is 20.9 Å². The van der Waals surface area contributed by atoms with E-state index >= 15 is 0 Å². The Balaban J connectivity index is 1.22. The van der Waals surface area contributed by atoms with Gasteiger partial charge in [-0.1, -0.05) is 6.92 Å². The van der Waals surface area contributed by atoms with Gasteiger partial charge >= 0.3 is 0 Å². The summed E-state index contributed by atoms with van der Waals surface area (Å²) in [7, 11) is 1.80. The molecule has 3 amide bonds. The van der Waals surface area contributed by atoms with Gasteiger partial charge in [-0.05, 0) is 74.6 Å². The van der Waals surface area contributed by atoms with Crippen LogP contribution in [0.5, 0.6) is 5.75 Å². The van der Waals surface area contributed by atoms with Gasteiger partial charge in [0.2, 0.25) is 11.8 Å². The fourth-order valence-corrected chi connectivity index (χ4v) is 6.05. The lowest BCUT2D eigenvalue weighted by atomic mass is 9.76. The number of carbonyl (C=O) groups excluding carboxylic acids is 3. The van der Waals surface area contributed by atoms with Crippen molar-refractivity contribution in [2.75, 3.05) is 7.11 Å². The Morgan fingerprint density at radius 1 is 1.18 bits per heavy atom. The van der Waals surface area contributed by atoms with Crippen molar-refractivity contribution in [1.29, 1.82) is 0 Å². The number of carbonyl (C=O) groups is 3. The number of piperidine rings is 1. The molecule has 1 saturated heterocycles. The molecule has 4 aliphatic rings. The first-order chi connectivity index (χ1) is 16.5. The molecule has 0 aromatic heterocycles. The molecule has 0 spiro atoms. The van der Waals surface area contributed by atoms with E-state index < -0.39 is 6.04 Å². The van der Waals surface area contributed by atoms with Crippen molar-refractivity contribution in [3.63, 3.8) is 0 Å². The van der Waals surface area contributed by atoms with Crippen LogP contribution in [0, 0.1) is 5.92 Å². The second kappa shape index (κ2) is 9.66. The Kier molecular flexibility index (Phi) is 6.62. The molecule has 2 aliphatic carbocycles. The third-order valence-electron chi connectivity index (χ3n) is 8.14. The van der Waals surface area contributed by atoms with Gasteiger partial charge in [-0.2, -0.15) is 0 Å². The average Bonchev–Trinajstić information content (AvgIpc) is 3.36. The summed E-state index contributed by atoms with van der Waals surface area (Å²) in [5, 5.41) is 6.24. The van der Waals surface area contributed by atoms with Crippen LogP contribution in [0.2, 0.25) is 0 Å². The highest BCUT2D eigenvalue weighted by Gasteiger charge is 2.40. The first-order valence-electron chi connectivity index (χ1n) is 12.7. The molecule has 3 fully saturated rings. The lowest BCUT2D eigenvalue weighted by Crippen LogP contribution is -2.52. The molecule has 0 radical (unpaired) electrons. The lowest BCUT2D eigenvalue weighted by Gasteiger charge is -2.41. The quantitative estimate of drug-likeness (QED) is 0.568. The number of ether oxygens (including phenoxy) is 2. The van der Waals surface area contributed by atoms with E-state index in [0.29, 0.717) is 42.6 Å². The van der Waals surface area contributed by atoms with Crippen molar-refractivity contribution in [2.45, 2.75) is 95.2 Å².